The molecule has 0 aromatic carbocycles. The van der Waals surface area contributed by atoms with Crippen molar-refractivity contribution in [2.24, 2.45) is 5.92 Å². The lowest BCUT2D eigenvalue weighted by Crippen LogP contribution is -2.43. The molecule has 2 heterocycles. The topological polar surface area (TPSA) is 115 Å². The molecule has 1 saturated heterocycles. The normalized spacial score (nSPS) is 20.0. The Bertz CT molecular complexity index is 635. The van der Waals surface area contributed by atoms with Gasteiger partial charge < -0.3 is 25.3 Å². The van der Waals surface area contributed by atoms with Gasteiger partial charge in [-0.3, -0.25) is 14.5 Å². The first kappa shape index (κ1) is 22.4. The zero-order valence-corrected chi connectivity index (χ0v) is 15.9. The number of nitrogens with one attached hydrogen (secondary N) is 2. The fourth-order valence-electron chi connectivity index (χ4n) is 3.31. The van der Waals surface area contributed by atoms with E-state index in [0.717, 1.165) is 12.8 Å². The molecule has 0 bridgehead atoms. The number of H-pyrrole nitrogens is 1. The molecule has 0 radical (unpaired) electrons. The number of methoxy groups -OCH3 is 1. The number of aliphatic hydroxyl groups excluding tert-OH is 2. The number of hydrogen-bond acceptors (Lipinski definition) is 6. The van der Waals surface area contributed by atoms with Gasteiger partial charge in [0.15, 0.2) is 5.75 Å². The zero-order chi connectivity index (χ0) is 18.4. The molecule has 1 aliphatic rings. The van der Waals surface area contributed by atoms with Crippen LogP contribution in [0.25, 0.3) is 0 Å². The third kappa shape index (κ3) is 5.20. The van der Waals surface area contributed by atoms with Crippen LogP contribution in [0.15, 0.2) is 17.1 Å². The van der Waals surface area contributed by atoms with Gasteiger partial charge in [0.1, 0.15) is 5.69 Å². The van der Waals surface area contributed by atoms with Crippen LogP contribution >= 0.6 is 12.4 Å². The van der Waals surface area contributed by atoms with E-state index in [0.29, 0.717) is 13.1 Å². The van der Waals surface area contributed by atoms with E-state index in [2.05, 4.69) is 17.2 Å². The first-order valence-electron chi connectivity index (χ1n) is 8.57. The summed E-state index contributed by atoms with van der Waals surface area (Å²) in [5.41, 5.74) is -0.175. The third-order valence-corrected chi connectivity index (χ3v) is 4.72. The van der Waals surface area contributed by atoms with Gasteiger partial charge in [-0.25, -0.2) is 0 Å². The predicted molar refractivity (Wildman–Crippen MR) is 100 cm³/mol. The summed E-state index contributed by atoms with van der Waals surface area (Å²) in [6.45, 7) is 3.11. The van der Waals surface area contributed by atoms with E-state index in [1.54, 1.807) is 0 Å². The van der Waals surface area contributed by atoms with E-state index in [1.807, 2.05) is 4.90 Å². The van der Waals surface area contributed by atoms with Crippen molar-refractivity contribution < 1.29 is 19.7 Å². The minimum absolute atomic E-state index is 0. The number of carbonyl (C=O) groups is 1. The number of halogens is 1. The van der Waals surface area contributed by atoms with Crippen LogP contribution < -0.4 is 15.5 Å². The summed E-state index contributed by atoms with van der Waals surface area (Å²) in [5.74, 6) is 0.0398. The van der Waals surface area contributed by atoms with Crippen molar-refractivity contribution in [3.05, 3.63) is 28.2 Å². The number of aromatic amines is 1. The van der Waals surface area contributed by atoms with Crippen LogP contribution in [0.5, 0.6) is 5.75 Å². The number of aliphatic hydroxyl groups is 2. The van der Waals surface area contributed by atoms with Crippen LogP contribution in [0.4, 0.5) is 0 Å². The number of ether oxygens (including phenoxy) is 1. The maximum Gasteiger partial charge on any atom is 0.268 e. The number of aromatic nitrogens is 1. The Morgan fingerprint density at radius 3 is 2.65 bits per heavy atom. The van der Waals surface area contributed by atoms with Gasteiger partial charge in [-0.1, -0.05) is 13.3 Å². The molecule has 8 nitrogen and oxygen atoms in total. The molecule has 1 aliphatic heterocycles. The molecule has 148 valence electrons. The highest BCUT2D eigenvalue weighted by Gasteiger charge is 2.36. The molecule has 1 amide bonds. The summed E-state index contributed by atoms with van der Waals surface area (Å²) in [4.78, 5) is 29.1. The number of rotatable bonds is 8. The second-order valence-corrected chi connectivity index (χ2v) is 6.38. The van der Waals surface area contributed by atoms with Gasteiger partial charge in [0, 0.05) is 31.4 Å². The number of carbonyl (C=O) groups excluding carboxylic acids is 1. The van der Waals surface area contributed by atoms with Gasteiger partial charge in [0.25, 0.3) is 5.91 Å². The molecular formula is C17H28ClN3O5. The quantitative estimate of drug-likeness (QED) is 0.497. The fourth-order valence-corrected chi connectivity index (χ4v) is 3.31. The third-order valence-electron chi connectivity index (χ3n) is 4.72. The summed E-state index contributed by atoms with van der Waals surface area (Å²) in [5, 5.41) is 21.7. The average Bonchev–Trinajstić information content (AvgIpc) is 2.98. The smallest absolute Gasteiger partial charge is 0.268 e. The SMILES string of the molecule is CCC[C@H]1CN(C(CO)CO)C[C@@H]1NC(=O)c1cc(=O)c(OC)c[nH]1.Cl. The lowest BCUT2D eigenvalue weighted by Gasteiger charge is -2.24. The van der Waals surface area contributed by atoms with Gasteiger partial charge in [0.2, 0.25) is 5.43 Å². The largest absolute Gasteiger partial charge is 0.491 e. The molecule has 0 spiro atoms. The summed E-state index contributed by atoms with van der Waals surface area (Å²) in [7, 11) is 1.39. The highest BCUT2D eigenvalue weighted by molar-refractivity contribution is 5.92. The number of pyridine rings is 1. The number of likely N-dealkylation sites (tertiary alicyclic amines) is 1. The lowest BCUT2D eigenvalue weighted by atomic mass is 9.98. The van der Waals surface area contributed by atoms with Crippen LogP contribution in [0, 0.1) is 5.92 Å². The zero-order valence-electron chi connectivity index (χ0n) is 15.1. The number of nitrogens with zero attached hydrogens (tertiary/aromatic N) is 1. The van der Waals surface area contributed by atoms with Crippen molar-refractivity contribution in [1.82, 2.24) is 15.2 Å². The molecule has 1 aromatic rings. The lowest BCUT2D eigenvalue weighted by molar-refractivity contribution is 0.0853. The van der Waals surface area contributed by atoms with E-state index in [9.17, 15) is 19.8 Å². The van der Waals surface area contributed by atoms with Gasteiger partial charge in [-0.05, 0) is 12.3 Å². The van der Waals surface area contributed by atoms with Gasteiger partial charge in [-0.2, -0.15) is 0 Å². The van der Waals surface area contributed by atoms with Crippen molar-refractivity contribution in [2.45, 2.75) is 31.8 Å². The Morgan fingerprint density at radius 1 is 1.42 bits per heavy atom. The maximum absolute atomic E-state index is 12.5. The van der Waals surface area contributed by atoms with Crippen LogP contribution in [0.2, 0.25) is 0 Å². The van der Waals surface area contributed by atoms with Crippen molar-refractivity contribution in [1.29, 1.82) is 0 Å². The Labute approximate surface area is 159 Å². The van der Waals surface area contributed by atoms with E-state index in [1.165, 1.54) is 19.4 Å². The van der Waals surface area contributed by atoms with Crippen molar-refractivity contribution >= 4 is 18.3 Å². The van der Waals surface area contributed by atoms with Gasteiger partial charge >= 0.3 is 0 Å². The first-order valence-corrected chi connectivity index (χ1v) is 8.57. The summed E-state index contributed by atoms with van der Waals surface area (Å²) >= 11 is 0. The monoisotopic (exact) mass is 389 g/mol. The van der Waals surface area contributed by atoms with Crippen molar-refractivity contribution in [3.8, 4) is 5.75 Å². The van der Waals surface area contributed by atoms with Crippen LogP contribution in [0.1, 0.15) is 30.3 Å². The molecule has 26 heavy (non-hydrogen) atoms. The summed E-state index contributed by atoms with van der Waals surface area (Å²) < 4.78 is 4.90. The Hall–Kier alpha value is -1.61. The molecule has 2 atom stereocenters. The van der Waals surface area contributed by atoms with Crippen molar-refractivity contribution in [2.75, 3.05) is 33.4 Å². The van der Waals surface area contributed by atoms with E-state index >= 15 is 0 Å². The molecule has 0 saturated carbocycles. The molecular weight excluding hydrogens is 362 g/mol. The standard InChI is InChI=1S/C17H27N3O5.ClH/c1-3-4-11-7-20(12(9-21)10-22)8-14(11)19-17(24)13-5-15(23)16(25-2)6-18-13;/h5-6,11-12,14,21-22H,3-4,7-10H2,1-2H3,(H,18,23)(H,19,24);1H/t11-,14-;/m0./s1. The second kappa shape index (κ2) is 10.5. The molecule has 1 aromatic heterocycles. The van der Waals surface area contributed by atoms with Gasteiger partial charge in [0.05, 0.1) is 26.4 Å². The van der Waals surface area contributed by atoms with E-state index in [4.69, 9.17) is 4.74 Å². The number of amides is 1. The molecule has 1 fully saturated rings. The molecule has 4 N–H and O–H groups in total. The Kier molecular flexibility index (Phi) is 9.07. The minimum atomic E-state index is -0.356. The number of hydrogen-bond donors (Lipinski definition) is 4. The predicted octanol–water partition coefficient (Wildman–Crippen LogP) is -0.0112. The Balaban J connectivity index is 0.00000338. The average molecular weight is 390 g/mol. The van der Waals surface area contributed by atoms with Crippen molar-refractivity contribution in [3.63, 3.8) is 0 Å². The molecule has 0 unspecified atom stereocenters. The summed E-state index contributed by atoms with van der Waals surface area (Å²) in [6.07, 6.45) is 3.28. The highest BCUT2D eigenvalue weighted by atomic mass is 35.5. The first-order chi connectivity index (χ1) is 12.0. The molecule has 0 aliphatic carbocycles. The highest BCUT2D eigenvalue weighted by Crippen LogP contribution is 2.23. The molecule has 9 heteroatoms. The fraction of sp³-hybridized carbons (Fsp3) is 0.647. The minimum Gasteiger partial charge on any atom is -0.491 e. The summed E-state index contributed by atoms with van der Waals surface area (Å²) in [6, 6.07) is 0.806. The second-order valence-electron chi connectivity index (χ2n) is 6.38. The van der Waals surface area contributed by atoms with Crippen LogP contribution in [-0.2, 0) is 0 Å². The maximum atomic E-state index is 12.5. The van der Waals surface area contributed by atoms with Crippen LogP contribution in [-0.4, -0.2) is 71.5 Å². The van der Waals surface area contributed by atoms with E-state index in [-0.39, 0.29) is 66.4 Å². The molecule has 2 rings (SSSR count). The van der Waals surface area contributed by atoms with Crippen LogP contribution in [0.3, 0.4) is 0 Å². The Morgan fingerprint density at radius 2 is 2.12 bits per heavy atom. The van der Waals surface area contributed by atoms with Gasteiger partial charge in [-0.15, -0.1) is 12.4 Å². The van der Waals surface area contributed by atoms with E-state index < -0.39 is 0 Å².